The minimum absolute atomic E-state index is 0.330. The molecule has 1 aliphatic rings. The van der Waals surface area contributed by atoms with Crippen molar-refractivity contribution in [1.29, 1.82) is 0 Å². The highest BCUT2D eigenvalue weighted by Crippen LogP contribution is 2.30. The van der Waals surface area contributed by atoms with E-state index in [0.29, 0.717) is 4.90 Å². The van der Waals surface area contributed by atoms with Crippen LogP contribution in [0.15, 0.2) is 41.3 Å². The Morgan fingerprint density at radius 1 is 0.958 bits per heavy atom. The summed E-state index contributed by atoms with van der Waals surface area (Å²) in [4.78, 5) is 5.10. The van der Waals surface area contributed by atoms with E-state index in [1.54, 1.807) is 12.1 Å². The van der Waals surface area contributed by atoms with E-state index < -0.39 is 11.1 Å². The highest BCUT2D eigenvalue weighted by molar-refractivity contribution is 7.79. The van der Waals surface area contributed by atoms with Gasteiger partial charge in [-0.3, -0.25) is 4.21 Å². The molecule has 0 N–H and O–H groups in total. The Balaban J connectivity index is 1.93. The average molecular weight is 343 g/mol. The van der Waals surface area contributed by atoms with Crippen LogP contribution in [-0.2, 0) is 11.1 Å². The number of likely N-dealkylation sites (N-methyl/N-ethyl adjacent to an activating group) is 1. The molecule has 4 nitrogen and oxygen atoms in total. The van der Waals surface area contributed by atoms with Gasteiger partial charge in [0.1, 0.15) is 0 Å². The Bertz CT molecular complexity index is 768. The minimum atomic E-state index is -2.20. The zero-order chi connectivity index (χ0) is 17.3. The lowest BCUT2D eigenvalue weighted by Gasteiger charge is -2.35. The molecule has 5 heteroatoms. The first-order valence-electron chi connectivity index (χ1n) is 8.20. The lowest BCUT2D eigenvalue weighted by atomic mass is 9.98. The molecule has 0 bridgehead atoms. The zero-order valence-corrected chi connectivity index (χ0v) is 15.2. The van der Waals surface area contributed by atoms with Crippen LogP contribution in [0.2, 0.25) is 0 Å². The van der Waals surface area contributed by atoms with E-state index in [1.165, 1.54) is 11.3 Å². The van der Waals surface area contributed by atoms with Crippen LogP contribution in [0.3, 0.4) is 0 Å². The average Bonchev–Trinajstić information content (AvgIpc) is 2.56. The summed E-state index contributed by atoms with van der Waals surface area (Å²) in [5.41, 5.74) is 5.62. The van der Waals surface area contributed by atoms with Gasteiger partial charge in [-0.2, -0.15) is 0 Å². The number of rotatable bonds is 3. The van der Waals surface area contributed by atoms with Crippen molar-refractivity contribution in [3.05, 3.63) is 47.5 Å². The van der Waals surface area contributed by atoms with Crippen LogP contribution in [0.1, 0.15) is 11.1 Å². The summed E-state index contributed by atoms with van der Waals surface area (Å²) in [6.45, 7) is 8.38. The zero-order valence-electron chi connectivity index (χ0n) is 14.4. The van der Waals surface area contributed by atoms with Crippen LogP contribution < -0.4 is 4.90 Å². The van der Waals surface area contributed by atoms with Crippen LogP contribution in [0, 0.1) is 13.8 Å². The molecule has 1 atom stereocenters. The second-order valence-corrected chi connectivity index (χ2v) is 7.44. The number of piperazine rings is 1. The predicted molar refractivity (Wildman–Crippen MR) is 98.2 cm³/mol. The van der Waals surface area contributed by atoms with Crippen LogP contribution in [0.5, 0.6) is 0 Å². The van der Waals surface area contributed by atoms with Gasteiger partial charge in [-0.25, -0.2) is 0 Å². The molecular formula is C19H23N2O2S-. The standard InChI is InChI=1S/C19H24N2O2S/c1-14-4-6-17(24(22)23)13-18(14)16-5-7-19(15(2)12-16)21-10-8-20(3)9-11-21/h4-7,12-13H,8-11H2,1-3H3,(H,22,23)/p-1. The number of hydrogen-bond acceptors (Lipinski definition) is 4. The first-order chi connectivity index (χ1) is 11.5. The third-order valence-corrected chi connectivity index (χ3v) is 5.39. The van der Waals surface area contributed by atoms with Crippen molar-refractivity contribution in [2.45, 2.75) is 18.7 Å². The summed E-state index contributed by atoms with van der Waals surface area (Å²) in [5.74, 6) is 0. The Morgan fingerprint density at radius 2 is 1.67 bits per heavy atom. The van der Waals surface area contributed by atoms with Crippen molar-refractivity contribution in [2.24, 2.45) is 0 Å². The fourth-order valence-corrected chi connectivity index (χ4v) is 3.63. The summed E-state index contributed by atoms with van der Waals surface area (Å²) in [5, 5.41) is 0. The second kappa shape index (κ2) is 7.05. The number of benzene rings is 2. The van der Waals surface area contributed by atoms with Crippen LogP contribution in [-0.4, -0.2) is 46.9 Å². The first kappa shape index (κ1) is 17.1. The van der Waals surface area contributed by atoms with Gasteiger partial charge in [0.05, 0.1) is 0 Å². The van der Waals surface area contributed by atoms with Crippen LogP contribution in [0.25, 0.3) is 11.1 Å². The van der Waals surface area contributed by atoms with Crippen molar-refractivity contribution in [1.82, 2.24) is 4.90 Å². The summed E-state index contributed by atoms with van der Waals surface area (Å²) < 4.78 is 22.5. The molecule has 1 aliphatic heterocycles. The third kappa shape index (κ3) is 3.53. The second-order valence-electron chi connectivity index (χ2n) is 6.50. The molecule has 0 spiro atoms. The maximum atomic E-state index is 11.2. The van der Waals surface area contributed by atoms with E-state index >= 15 is 0 Å². The molecule has 0 saturated carbocycles. The van der Waals surface area contributed by atoms with Gasteiger partial charge >= 0.3 is 0 Å². The molecule has 3 rings (SSSR count). The monoisotopic (exact) mass is 343 g/mol. The van der Waals surface area contributed by atoms with E-state index in [2.05, 4.69) is 42.0 Å². The van der Waals surface area contributed by atoms with Crippen molar-refractivity contribution < 1.29 is 8.76 Å². The van der Waals surface area contributed by atoms with Crippen molar-refractivity contribution in [3.8, 4) is 11.1 Å². The summed E-state index contributed by atoms with van der Waals surface area (Å²) in [6.07, 6.45) is 0. The fraction of sp³-hybridized carbons (Fsp3) is 0.368. The van der Waals surface area contributed by atoms with Gasteiger partial charge in [0.15, 0.2) is 0 Å². The molecule has 24 heavy (non-hydrogen) atoms. The molecule has 1 heterocycles. The Hall–Kier alpha value is -1.69. The van der Waals surface area contributed by atoms with E-state index in [9.17, 15) is 8.76 Å². The minimum Gasteiger partial charge on any atom is -0.768 e. The van der Waals surface area contributed by atoms with Gasteiger partial charge in [-0.05, 0) is 78.5 Å². The Kier molecular flexibility index (Phi) is 5.04. The number of anilines is 1. The SMILES string of the molecule is Cc1ccc(S(=O)[O-])cc1-c1ccc(N2CCN(C)CC2)c(C)c1. The molecule has 1 fully saturated rings. The molecule has 1 unspecified atom stereocenters. The summed E-state index contributed by atoms with van der Waals surface area (Å²) in [7, 11) is 2.16. The summed E-state index contributed by atoms with van der Waals surface area (Å²) >= 11 is -2.20. The number of nitrogens with zero attached hydrogens (tertiary/aromatic N) is 2. The molecule has 0 aliphatic carbocycles. The van der Waals surface area contributed by atoms with Gasteiger partial charge in [0.2, 0.25) is 0 Å². The van der Waals surface area contributed by atoms with Gasteiger partial charge in [0, 0.05) is 36.8 Å². The topological polar surface area (TPSA) is 46.6 Å². The Morgan fingerprint density at radius 3 is 2.29 bits per heavy atom. The lowest BCUT2D eigenvalue weighted by molar-refractivity contribution is 0.312. The van der Waals surface area contributed by atoms with Gasteiger partial charge < -0.3 is 14.4 Å². The van der Waals surface area contributed by atoms with Crippen LogP contribution in [0.4, 0.5) is 5.69 Å². The maximum absolute atomic E-state index is 11.2. The Labute approximate surface area is 146 Å². The highest BCUT2D eigenvalue weighted by Gasteiger charge is 2.16. The number of aryl methyl sites for hydroxylation is 2. The van der Waals surface area contributed by atoms with E-state index in [-0.39, 0.29) is 0 Å². The molecule has 2 aromatic rings. The van der Waals surface area contributed by atoms with E-state index in [0.717, 1.165) is 42.9 Å². The van der Waals surface area contributed by atoms with E-state index in [1.807, 2.05) is 13.0 Å². The number of hydrogen-bond donors (Lipinski definition) is 0. The van der Waals surface area contributed by atoms with E-state index in [4.69, 9.17) is 0 Å². The predicted octanol–water partition coefficient (Wildman–Crippen LogP) is 2.96. The lowest BCUT2D eigenvalue weighted by Crippen LogP contribution is -2.44. The maximum Gasteiger partial charge on any atom is 0.0397 e. The third-order valence-electron chi connectivity index (χ3n) is 4.75. The fourth-order valence-electron chi connectivity index (χ4n) is 3.24. The quantitative estimate of drug-likeness (QED) is 0.804. The van der Waals surface area contributed by atoms with Gasteiger partial charge in [-0.1, -0.05) is 12.1 Å². The van der Waals surface area contributed by atoms with Gasteiger partial charge in [-0.15, -0.1) is 0 Å². The molecule has 0 amide bonds. The molecule has 1 saturated heterocycles. The molecule has 0 radical (unpaired) electrons. The van der Waals surface area contributed by atoms with Crippen molar-refractivity contribution in [2.75, 3.05) is 38.1 Å². The van der Waals surface area contributed by atoms with Crippen molar-refractivity contribution >= 4 is 16.8 Å². The molecular weight excluding hydrogens is 320 g/mol. The molecule has 2 aromatic carbocycles. The molecule has 0 aromatic heterocycles. The normalized spacial score (nSPS) is 17.1. The summed E-state index contributed by atoms with van der Waals surface area (Å²) in [6, 6.07) is 11.7. The smallest absolute Gasteiger partial charge is 0.0397 e. The van der Waals surface area contributed by atoms with Gasteiger partial charge in [0.25, 0.3) is 0 Å². The van der Waals surface area contributed by atoms with Crippen LogP contribution >= 0.6 is 0 Å². The first-order valence-corrected chi connectivity index (χ1v) is 9.27. The molecule has 128 valence electrons. The largest absolute Gasteiger partial charge is 0.768 e. The highest BCUT2D eigenvalue weighted by atomic mass is 32.2. The van der Waals surface area contributed by atoms with Crippen molar-refractivity contribution in [3.63, 3.8) is 0 Å².